The van der Waals surface area contributed by atoms with Crippen LogP contribution >= 0.6 is 0 Å². The third-order valence-electron chi connectivity index (χ3n) is 6.75. The molecule has 2 N–H and O–H groups in total. The minimum atomic E-state index is -1.56. The van der Waals surface area contributed by atoms with Crippen LogP contribution in [0.3, 0.4) is 0 Å². The third kappa shape index (κ3) is 2.65. The van der Waals surface area contributed by atoms with Gasteiger partial charge in [-0.25, -0.2) is 4.90 Å². The Labute approximate surface area is 179 Å². The average molecular weight is 414 g/mol. The van der Waals surface area contributed by atoms with E-state index in [1.165, 1.54) is 11.8 Å². The second-order valence-corrected chi connectivity index (χ2v) is 8.50. The molecule has 0 saturated carbocycles. The fourth-order valence-electron chi connectivity index (χ4n) is 5.18. The zero-order valence-corrected chi connectivity index (χ0v) is 17.2. The van der Waals surface area contributed by atoms with Crippen LogP contribution in [0, 0.1) is 18.8 Å². The van der Waals surface area contributed by atoms with E-state index in [1.807, 2.05) is 61.5 Å². The Kier molecular flexibility index (Phi) is 4.24. The molecule has 156 valence electrons. The first kappa shape index (κ1) is 19.5. The fraction of sp³-hybridized carbons (Fsp3) is 0.240. The molecule has 4 atom stereocenters. The van der Waals surface area contributed by atoms with Crippen LogP contribution in [0.1, 0.15) is 24.1 Å². The van der Waals surface area contributed by atoms with Crippen LogP contribution in [0.5, 0.6) is 0 Å². The molecular weight excluding hydrogens is 392 g/mol. The van der Waals surface area contributed by atoms with Gasteiger partial charge in [-0.15, -0.1) is 0 Å². The summed E-state index contributed by atoms with van der Waals surface area (Å²) in [6.07, 6.45) is 0. The van der Waals surface area contributed by atoms with Gasteiger partial charge >= 0.3 is 5.97 Å². The van der Waals surface area contributed by atoms with Crippen molar-refractivity contribution in [2.45, 2.75) is 25.4 Å². The maximum Gasteiger partial charge on any atom is 0.324 e. The second kappa shape index (κ2) is 6.75. The average Bonchev–Trinajstić information content (AvgIpc) is 3.22. The van der Waals surface area contributed by atoms with Crippen LogP contribution < -0.4 is 10.2 Å². The van der Waals surface area contributed by atoms with Crippen LogP contribution in [0.4, 0.5) is 5.69 Å². The maximum atomic E-state index is 13.7. The Balaban J connectivity index is 1.69. The number of carboxylic acids is 1. The molecule has 0 aromatic heterocycles. The van der Waals surface area contributed by atoms with Crippen molar-refractivity contribution in [3.8, 4) is 0 Å². The van der Waals surface area contributed by atoms with Crippen molar-refractivity contribution in [1.82, 2.24) is 5.32 Å². The van der Waals surface area contributed by atoms with Crippen molar-refractivity contribution in [1.29, 1.82) is 0 Å². The van der Waals surface area contributed by atoms with Gasteiger partial charge in [0.15, 0.2) is 0 Å². The lowest BCUT2D eigenvalue weighted by atomic mass is 9.80. The lowest BCUT2D eigenvalue weighted by molar-refractivity contribution is -0.147. The molecule has 0 bridgehead atoms. The van der Waals surface area contributed by atoms with E-state index >= 15 is 0 Å². The third-order valence-corrected chi connectivity index (χ3v) is 6.75. The van der Waals surface area contributed by atoms with Gasteiger partial charge in [0.2, 0.25) is 11.8 Å². The lowest BCUT2D eigenvalue weighted by Crippen LogP contribution is -2.53. The first-order valence-corrected chi connectivity index (χ1v) is 10.3. The zero-order valence-electron chi connectivity index (χ0n) is 17.2. The van der Waals surface area contributed by atoms with Crippen LogP contribution in [0.15, 0.2) is 66.7 Å². The predicted octanol–water partition coefficient (Wildman–Crippen LogP) is 3.44. The molecule has 4 unspecified atom stereocenters. The minimum absolute atomic E-state index is 0.361. The quantitative estimate of drug-likeness (QED) is 0.641. The number of benzene rings is 3. The van der Waals surface area contributed by atoms with Gasteiger partial charge in [0.1, 0.15) is 5.54 Å². The SMILES string of the molecule is Cc1ccccc1N1C(=O)C2C(c3cccc4ccccc34)NC(C)(C(=O)O)C2C1=O. The first-order chi connectivity index (χ1) is 14.8. The van der Waals surface area contributed by atoms with E-state index in [0.29, 0.717) is 5.69 Å². The highest BCUT2D eigenvalue weighted by molar-refractivity contribution is 6.24. The Hall–Kier alpha value is -3.51. The lowest BCUT2D eigenvalue weighted by Gasteiger charge is -2.28. The van der Waals surface area contributed by atoms with Crippen LogP contribution in [0.2, 0.25) is 0 Å². The molecule has 2 amide bonds. The number of anilines is 1. The maximum absolute atomic E-state index is 13.7. The molecule has 0 spiro atoms. The van der Waals surface area contributed by atoms with E-state index in [2.05, 4.69) is 5.32 Å². The number of carbonyl (C=O) groups is 3. The van der Waals surface area contributed by atoms with E-state index in [-0.39, 0.29) is 5.91 Å². The molecule has 2 saturated heterocycles. The highest BCUT2D eigenvalue weighted by Gasteiger charge is 2.67. The summed E-state index contributed by atoms with van der Waals surface area (Å²) in [7, 11) is 0. The van der Waals surface area contributed by atoms with Crippen molar-refractivity contribution in [3.05, 3.63) is 77.9 Å². The number of carbonyl (C=O) groups excluding carboxylic acids is 2. The van der Waals surface area contributed by atoms with Crippen molar-refractivity contribution >= 4 is 34.2 Å². The largest absolute Gasteiger partial charge is 0.480 e. The van der Waals surface area contributed by atoms with Gasteiger partial charge in [-0.3, -0.25) is 19.7 Å². The topological polar surface area (TPSA) is 86.7 Å². The van der Waals surface area contributed by atoms with Gasteiger partial charge < -0.3 is 5.11 Å². The molecule has 3 aromatic rings. The highest BCUT2D eigenvalue weighted by Crippen LogP contribution is 2.50. The van der Waals surface area contributed by atoms with E-state index in [1.54, 1.807) is 12.1 Å². The monoisotopic (exact) mass is 414 g/mol. The first-order valence-electron chi connectivity index (χ1n) is 10.3. The van der Waals surface area contributed by atoms with Gasteiger partial charge in [0, 0.05) is 6.04 Å². The Bertz CT molecular complexity index is 1250. The number of imide groups is 1. The van der Waals surface area contributed by atoms with Crippen LogP contribution in [-0.2, 0) is 14.4 Å². The number of carboxylic acid groups (broad SMARTS) is 1. The number of fused-ring (bicyclic) bond motifs is 2. The summed E-state index contributed by atoms with van der Waals surface area (Å²) >= 11 is 0. The van der Waals surface area contributed by atoms with E-state index < -0.39 is 35.3 Å². The van der Waals surface area contributed by atoms with Gasteiger partial charge in [0.25, 0.3) is 0 Å². The molecule has 0 radical (unpaired) electrons. The standard InChI is InChI=1S/C25H22N2O4/c1-14-8-3-6-13-18(14)27-22(28)19-20(23(27)29)25(2,24(30)31)26-21(19)17-12-7-10-15-9-4-5-11-16(15)17/h3-13,19-21,26H,1-2H3,(H,30,31). The van der Waals surface area contributed by atoms with Crippen molar-refractivity contribution in [2.24, 2.45) is 11.8 Å². The summed E-state index contributed by atoms with van der Waals surface area (Å²) in [5.41, 5.74) is 0.564. The smallest absolute Gasteiger partial charge is 0.324 e. The summed E-state index contributed by atoms with van der Waals surface area (Å²) in [5.74, 6) is -3.78. The number of amides is 2. The summed E-state index contributed by atoms with van der Waals surface area (Å²) in [6, 6.07) is 20.1. The molecule has 2 aliphatic heterocycles. The Morgan fingerprint density at radius 2 is 1.65 bits per heavy atom. The van der Waals surface area contributed by atoms with Gasteiger partial charge in [-0.05, 0) is 41.8 Å². The van der Waals surface area contributed by atoms with Crippen LogP contribution in [0.25, 0.3) is 10.8 Å². The highest BCUT2D eigenvalue weighted by atomic mass is 16.4. The van der Waals surface area contributed by atoms with Gasteiger partial charge in [-0.1, -0.05) is 60.7 Å². The van der Waals surface area contributed by atoms with Crippen LogP contribution in [-0.4, -0.2) is 28.4 Å². The molecule has 2 heterocycles. The molecule has 0 aliphatic carbocycles. The number of nitrogens with zero attached hydrogens (tertiary/aromatic N) is 1. The van der Waals surface area contributed by atoms with E-state index in [9.17, 15) is 19.5 Å². The predicted molar refractivity (Wildman–Crippen MR) is 117 cm³/mol. The van der Waals surface area contributed by atoms with Crippen molar-refractivity contribution < 1.29 is 19.5 Å². The Morgan fingerprint density at radius 3 is 2.39 bits per heavy atom. The molecule has 31 heavy (non-hydrogen) atoms. The number of aryl methyl sites for hydroxylation is 1. The molecule has 3 aromatic carbocycles. The number of aliphatic carboxylic acids is 1. The van der Waals surface area contributed by atoms with Crippen molar-refractivity contribution in [3.63, 3.8) is 0 Å². The number of para-hydroxylation sites is 1. The molecule has 2 aliphatic rings. The normalized spacial score (nSPS) is 27.7. The summed E-state index contributed by atoms with van der Waals surface area (Å²) in [4.78, 5) is 40.7. The minimum Gasteiger partial charge on any atom is -0.480 e. The summed E-state index contributed by atoms with van der Waals surface area (Å²) in [5, 5.41) is 15.2. The number of hydrogen-bond acceptors (Lipinski definition) is 4. The van der Waals surface area contributed by atoms with Crippen molar-refractivity contribution in [2.75, 3.05) is 4.90 Å². The van der Waals surface area contributed by atoms with E-state index in [4.69, 9.17) is 0 Å². The zero-order chi connectivity index (χ0) is 21.9. The summed E-state index contributed by atoms with van der Waals surface area (Å²) < 4.78 is 0. The molecule has 6 heteroatoms. The number of nitrogens with one attached hydrogen (secondary N) is 1. The number of hydrogen-bond donors (Lipinski definition) is 2. The fourth-order valence-corrected chi connectivity index (χ4v) is 5.18. The molecule has 6 nitrogen and oxygen atoms in total. The van der Waals surface area contributed by atoms with Gasteiger partial charge in [-0.2, -0.15) is 0 Å². The summed E-state index contributed by atoms with van der Waals surface area (Å²) in [6.45, 7) is 3.34. The Morgan fingerprint density at radius 1 is 0.968 bits per heavy atom. The second-order valence-electron chi connectivity index (χ2n) is 8.50. The van der Waals surface area contributed by atoms with Gasteiger partial charge in [0.05, 0.1) is 17.5 Å². The van der Waals surface area contributed by atoms with E-state index in [0.717, 1.165) is 21.9 Å². The number of rotatable bonds is 3. The molecule has 2 fully saturated rings. The molecular formula is C25H22N2O4. The molecule has 5 rings (SSSR count).